The molecule has 0 aromatic rings. The summed E-state index contributed by atoms with van der Waals surface area (Å²) in [5.41, 5.74) is 0. The molecule has 0 saturated heterocycles. The summed E-state index contributed by atoms with van der Waals surface area (Å²) in [7, 11) is -9.92. The van der Waals surface area contributed by atoms with Crippen LogP contribution < -0.4 is 0 Å². The van der Waals surface area contributed by atoms with Gasteiger partial charge in [0.25, 0.3) is 0 Å². The predicted octanol–water partition coefficient (Wildman–Crippen LogP) is 22.8. The second kappa shape index (κ2) is 67.2. The second-order valence-electron chi connectivity index (χ2n) is 30.0. The Labute approximate surface area is 594 Å². The molecule has 0 radical (unpaired) electrons. The second-order valence-corrected chi connectivity index (χ2v) is 32.9. The van der Waals surface area contributed by atoms with Crippen molar-refractivity contribution in [2.75, 3.05) is 39.6 Å². The number of phosphoric ester groups is 2. The van der Waals surface area contributed by atoms with Crippen LogP contribution in [0.15, 0.2) is 0 Å². The van der Waals surface area contributed by atoms with Gasteiger partial charge in [-0.15, -0.1) is 0 Å². The molecule has 0 aromatic carbocycles. The highest BCUT2D eigenvalue weighted by Gasteiger charge is 2.30. The maximum Gasteiger partial charge on any atom is 0.472 e. The summed E-state index contributed by atoms with van der Waals surface area (Å²) < 4.78 is 68.6. The largest absolute Gasteiger partial charge is 0.472 e. The molecule has 0 saturated carbocycles. The van der Waals surface area contributed by atoms with Crippen molar-refractivity contribution in [1.29, 1.82) is 0 Å². The highest BCUT2D eigenvalue weighted by molar-refractivity contribution is 7.47. The number of aliphatic hydroxyl groups excluding tert-OH is 1. The van der Waals surface area contributed by atoms with Crippen LogP contribution in [-0.2, 0) is 65.4 Å². The normalized spacial score (nSPS) is 14.1. The van der Waals surface area contributed by atoms with Crippen LogP contribution in [0, 0.1) is 23.7 Å². The Morgan fingerprint density at radius 2 is 0.433 bits per heavy atom. The summed E-state index contributed by atoms with van der Waals surface area (Å²) in [6.45, 7) is 14.2. The summed E-state index contributed by atoms with van der Waals surface area (Å²) >= 11 is 0. The smallest absolute Gasteiger partial charge is 0.462 e. The quantitative estimate of drug-likeness (QED) is 0.0222. The molecule has 0 aromatic heterocycles. The fourth-order valence-corrected chi connectivity index (χ4v) is 13.5. The van der Waals surface area contributed by atoms with Gasteiger partial charge in [0, 0.05) is 25.7 Å². The molecule has 5 atom stereocenters. The third-order valence-corrected chi connectivity index (χ3v) is 20.0. The van der Waals surface area contributed by atoms with Gasteiger partial charge < -0.3 is 33.8 Å². The first kappa shape index (κ1) is 95.1. The number of rotatable bonds is 75. The van der Waals surface area contributed by atoms with Crippen molar-refractivity contribution in [2.24, 2.45) is 23.7 Å². The van der Waals surface area contributed by atoms with E-state index in [1.807, 2.05) is 0 Å². The van der Waals surface area contributed by atoms with E-state index in [9.17, 15) is 43.2 Å². The van der Waals surface area contributed by atoms with Gasteiger partial charge in [0.2, 0.25) is 0 Å². The number of carbonyl (C=O) groups excluding carboxylic acids is 4. The molecule has 97 heavy (non-hydrogen) atoms. The first-order valence-corrected chi connectivity index (χ1v) is 43.2. The van der Waals surface area contributed by atoms with Crippen LogP contribution in [-0.4, -0.2) is 96.7 Å². The molecular formula is C78H152O17P2. The van der Waals surface area contributed by atoms with Crippen LogP contribution in [0.4, 0.5) is 0 Å². The number of hydrogen-bond acceptors (Lipinski definition) is 15. The minimum absolute atomic E-state index is 0.106. The molecule has 0 rings (SSSR count). The molecule has 3 unspecified atom stereocenters. The lowest BCUT2D eigenvalue weighted by Crippen LogP contribution is -2.30. The maximum absolute atomic E-state index is 13.1. The molecule has 0 fully saturated rings. The van der Waals surface area contributed by atoms with Gasteiger partial charge in [-0.05, 0) is 49.4 Å². The van der Waals surface area contributed by atoms with E-state index in [1.165, 1.54) is 193 Å². The minimum Gasteiger partial charge on any atom is -0.462 e. The summed E-state index contributed by atoms with van der Waals surface area (Å²) in [5.74, 6) is 0.936. The molecule has 0 aliphatic rings. The van der Waals surface area contributed by atoms with E-state index in [4.69, 9.17) is 37.0 Å². The molecule has 0 heterocycles. The highest BCUT2D eigenvalue weighted by atomic mass is 31.2. The van der Waals surface area contributed by atoms with E-state index in [1.54, 1.807) is 0 Å². The van der Waals surface area contributed by atoms with Crippen LogP contribution in [0.25, 0.3) is 0 Å². The molecule has 3 N–H and O–H groups in total. The lowest BCUT2D eigenvalue weighted by Gasteiger charge is -2.21. The van der Waals surface area contributed by atoms with Gasteiger partial charge in [-0.25, -0.2) is 9.13 Å². The fourth-order valence-electron chi connectivity index (χ4n) is 11.9. The van der Waals surface area contributed by atoms with Gasteiger partial charge in [-0.2, -0.15) is 0 Å². The maximum atomic E-state index is 13.1. The van der Waals surface area contributed by atoms with Gasteiger partial charge in [0.1, 0.15) is 19.3 Å². The van der Waals surface area contributed by atoms with Gasteiger partial charge in [0.05, 0.1) is 26.4 Å². The molecule has 0 aliphatic carbocycles. The Bertz CT molecular complexity index is 1900. The number of hydrogen-bond donors (Lipinski definition) is 3. The minimum atomic E-state index is -4.96. The molecular weight excluding hydrogens is 1270 g/mol. The zero-order valence-electron chi connectivity index (χ0n) is 63.7. The van der Waals surface area contributed by atoms with E-state index in [2.05, 4.69) is 55.4 Å². The lowest BCUT2D eigenvalue weighted by atomic mass is 10.0. The average molecular weight is 1420 g/mol. The molecule has 0 bridgehead atoms. The van der Waals surface area contributed by atoms with Crippen LogP contribution >= 0.6 is 15.6 Å². The third kappa shape index (κ3) is 72.2. The van der Waals surface area contributed by atoms with Gasteiger partial charge in [0.15, 0.2) is 12.2 Å². The summed E-state index contributed by atoms with van der Waals surface area (Å²) in [5, 5.41) is 10.6. The van der Waals surface area contributed by atoms with Crippen molar-refractivity contribution in [3.63, 3.8) is 0 Å². The van der Waals surface area contributed by atoms with E-state index in [0.29, 0.717) is 31.6 Å². The zero-order valence-corrected chi connectivity index (χ0v) is 65.5. The third-order valence-electron chi connectivity index (χ3n) is 18.1. The Kier molecular flexibility index (Phi) is 65.9. The first-order valence-electron chi connectivity index (χ1n) is 40.2. The first-order chi connectivity index (χ1) is 46.6. The summed E-state index contributed by atoms with van der Waals surface area (Å²) in [6, 6.07) is 0. The number of unbranched alkanes of at least 4 members (excludes halogenated alkanes) is 41. The van der Waals surface area contributed by atoms with Crippen molar-refractivity contribution in [3.05, 3.63) is 0 Å². The van der Waals surface area contributed by atoms with Crippen LogP contribution in [0.3, 0.4) is 0 Å². The highest BCUT2D eigenvalue weighted by Crippen LogP contribution is 2.45. The van der Waals surface area contributed by atoms with Crippen LogP contribution in [0.1, 0.15) is 396 Å². The standard InChI is InChI=1S/C78H152O17P2/c1-68(2)54-46-38-30-23-17-13-9-11-15-19-27-35-44-52-60-77(82)94-73(64-88-75(80)58-50-42-34-26-22-21-25-32-40-48-56-70(5)6)66-92-96(84,85)90-62-72(79)63-91-97(86,87)93-67-74(65-89-76(81)59-51-43-37-29-33-41-49-57-71(7)8)95-78(83)61-53-45-36-28-20-16-12-10-14-18-24-31-39-47-55-69(3)4/h68-74,79H,9-67H2,1-8H3,(H,84,85)(H,86,87)/t72?,73-,74-/m1/s1. The van der Waals surface area contributed by atoms with E-state index < -0.39 is 97.5 Å². The molecule has 0 amide bonds. The molecule has 576 valence electrons. The van der Waals surface area contributed by atoms with E-state index in [-0.39, 0.29) is 25.7 Å². The van der Waals surface area contributed by atoms with E-state index in [0.717, 1.165) is 114 Å². The number of phosphoric acid groups is 2. The SMILES string of the molecule is CC(C)CCCCCCCCCCCCCCCCC(=O)O[C@H](COC(=O)CCCCCCCCCCCCC(C)C)COP(=O)(O)OCC(O)COP(=O)(O)OC[C@@H](COC(=O)CCCCCCCCCC(C)C)OC(=O)CCCCCCCCCCCCCCCCC(C)C. The molecule has 0 aliphatic heterocycles. The fraction of sp³-hybridized carbons (Fsp3) is 0.949. The Morgan fingerprint density at radius 3 is 0.639 bits per heavy atom. The zero-order chi connectivity index (χ0) is 71.7. The Morgan fingerprint density at radius 1 is 0.258 bits per heavy atom. The van der Waals surface area contributed by atoms with Crippen molar-refractivity contribution in [2.45, 2.75) is 414 Å². The molecule has 17 nitrogen and oxygen atoms in total. The topological polar surface area (TPSA) is 237 Å². The molecule has 19 heteroatoms. The van der Waals surface area contributed by atoms with Crippen LogP contribution in [0.2, 0.25) is 0 Å². The predicted molar refractivity (Wildman–Crippen MR) is 395 cm³/mol. The average Bonchev–Trinajstić information content (AvgIpc) is 1.48. The summed E-state index contributed by atoms with van der Waals surface area (Å²) in [6.07, 6.45) is 52.8. The number of carbonyl (C=O) groups is 4. The Balaban J connectivity index is 5.24. The summed E-state index contributed by atoms with van der Waals surface area (Å²) in [4.78, 5) is 72.9. The Hall–Kier alpha value is -1.94. The van der Waals surface area contributed by atoms with Crippen molar-refractivity contribution < 1.29 is 80.2 Å². The van der Waals surface area contributed by atoms with Gasteiger partial charge in [-0.1, -0.05) is 344 Å². The van der Waals surface area contributed by atoms with Crippen LogP contribution in [0.5, 0.6) is 0 Å². The van der Waals surface area contributed by atoms with Crippen molar-refractivity contribution >= 4 is 39.5 Å². The van der Waals surface area contributed by atoms with Gasteiger partial charge in [-0.3, -0.25) is 37.3 Å². The monoisotopic (exact) mass is 1420 g/mol. The van der Waals surface area contributed by atoms with Crippen molar-refractivity contribution in [3.8, 4) is 0 Å². The number of ether oxygens (including phenoxy) is 4. The van der Waals surface area contributed by atoms with Crippen molar-refractivity contribution in [1.82, 2.24) is 0 Å². The number of esters is 4. The van der Waals surface area contributed by atoms with E-state index >= 15 is 0 Å². The lowest BCUT2D eigenvalue weighted by molar-refractivity contribution is -0.161. The van der Waals surface area contributed by atoms with Gasteiger partial charge >= 0.3 is 39.5 Å². The number of aliphatic hydroxyl groups is 1. The molecule has 0 spiro atoms.